The van der Waals surface area contributed by atoms with E-state index >= 15 is 0 Å². The van der Waals surface area contributed by atoms with E-state index in [1.165, 1.54) is 24.1 Å². The summed E-state index contributed by atoms with van der Waals surface area (Å²) >= 11 is 0. The van der Waals surface area contributed by atoms with Gasteiger partial charge in [0.1, 0.15) is 24.0 Å². The Morgan fingerprint density at radius 1 is 1.16 bits per heavy atom. The van der Waals surface area contributed by atoms with E-state index in [2.05, 4.69) is 5.32 Å². The molecule has 12 heteroatoms. The lowest BCUT2D eigenvalue weighted by atomic mass is 10.1. The van der Waals surface area contributed by atoms with Crippen LogP contribution in [0, 0.1) is 10.1 Å². The van der Waals surface area contributed by atoms with Crippen LogP contribution in [-0.2, 0) is 26.2 Å². The van der Waals surface area contributed by atoms with E-state index < -0.39 is 33.4 Å². The maximum absolute atomic E-state index is 13.6. The van der Waals surface area contributed by atoms with Crippen LogP contribution < -0.4 is 14.4 Å². The topological polar surface area (TPSA) is 139 Å². The summed E-state index contributed by atoms with van der Waals surface area (Å²) in [5.41, 5.74) is 0.257. The molecule has 0 aliphatic heterocycles. The molecule has 2 aromatic rings. The van der Waals surface area contributed by atoms with Crippen molar-refractivity contribution in [2.24, 2.45) is 0 Å². The van der Waals surface area contributed by atoms with Gasteiger partial charge in [-0.25, -0.2) is 8.42 Å². The quantitative estimate of drug-likeness (QED) is 0.347. The Balaban J connectivity index is 1.95. The molecular formula is C25H32N4O7S. The van der Waals surface area contributed by atoms with Crippen molar-refractivity contribution in [1.29, 1.82) is 0 Å². The van der Waals surface area contributed by atoms with Crippen LogP contribution in [-0.4, -0.2) is 62.0 Å². The zero-order valence-corrected chi connectivity index (χ0v) is 21.9. The van der Waals surface area contributed by atoms with Crippen LogP contribution in [0.4, 0.5) is 11.4 Å². The van der Waals surface area contributed by atoms with E-state index in [0.717, 1.165) is 47.9 Å². The number of anilines is 1. The molecule has 1 fully saturated rings. The van der Waals surface area contributed by atoms with Gasteiger partial charge in [-0.2, -0.15) is 0 Å². The molecule has 0 heterocycles. The standard InChI is InChI=1S/C25H32N4O7S/c1-18(25(31)26-20-11-7-8-12-20)27(16-19-9-5-4-6-10-19)24(30)17-28(37(3,34)35)22-15-21(29(32)33)13-14-23(22)36-2/h4-6,9-10,13-15,18,20H,7-8,11-12,16-17H2,1-3H3,(H,26,31). The predicted molar refractivity (Wildman–Crippen MR) is 139 cm³/mol. The Morgan fingerprint density at radius 3 is 2.38 bits per heavy atom. The molecule has 3 rings (SSSR count). The molecule has 1 aliphatic rings. The molecule has 1 saturated carbocycles. The largest absolute Gasteiger partial charge is 0.495 e. The molecule has 1 aliphatic carbocycles. The Morgan fingerprint density at radius 2 is 1.81 bits per heavy atom. The number of nitro benzene ring substituents is 1. The molecule has 0 bridgehead atoms. The zero-order valence-electron chi connectivity index (χ0n) is 21.1. The first-order valence-electron chi connectivity index (χ1n) is 11.9. The lowest BCUT2D eigenvalue weighted by Gasteiger charge is -2.32. The van der Waals surface area contributed by atoms with Crippen molar-refractivity contribution in [2.75, 3.05) is 24.2 Å². The van der Waals surface area contributed by atoms with Crippen LogP contribution in [0.25, 0.3) is 0 Å². The molecule has 0 saturated heterocycles. The lowest BCUT2D eigenvalue weighted by Crippen LogP contribution is -2.52. The number of carbonyl (C=O) groups is 2. The third kappa shape index (κ3) is 7.19. The number of hydrogen-bond acceptors (Lipinski definition) is 7. The van der Waals surface area contributed by atoms with Crippen LogP contribution in [0.2, 0.25) is 0 Å². The Hall–Kier alpha value is -3.67. The average Bonchev–Trinajstić information content (AvgIpc) is 3.37. The van der Waals surface area contributed by atoms with Crippen molar-refractivity contribution in [3.8, 4) is 5.75 Å². The Kier molecular flexibility index (Phi) is 9.09. The molecule has 0 aromatic heterocycles. The van der Waals surface area contributed by atoms with Crippen LogP contribution in [0.5, 0.6) is 5.75 Å². The molecule has 1 N–H and O–H groups in total. The third-order valence-corrected chi connectivity index (χ3v) is 7.51. The number of sulfonamides is 1. The summed E-state index contributed by atoms with van der Waals surface area (Å²) < 4.78 is 31.6. The van der Waals surface area contributed by atoms with Gasteiger partial charge in [0, 0.05) is 24.7 Å². The lowest BCUT2D eigenvalue weighted by molar-refractivity contribution is -0.384. The maximum atomic E-state index is 13.6. The molecule has 2 amide bonds. The van der Waals surface area contributed by atoms with Crippen molar-refractivity contribution < 1.29 is 27.7 Å². The minimum Gasteiger partial charge on any atom is -0.495 e. The number of ether oxygens (including phenoxy) is 1. The maximum Gasteiger partial charge on any atom is 0.271 e. The van der Waals surface area contributed by atoms with Crippen molar-refractivity contribution in [2.45, 2.75) is 51.2 Å². The van der Waals surface area contributed by atoms with Crippen molar-refractivity contribution in [3.05, 3.63) is 64.2 Å². The number of nitro groups is 1. The van der Waals surface area contributed by atoms with Crippen LogP contribution in [0.3, 0.4) is 0 Å². The number of non-ortho nitro benzene ring substituents is 1. The van der Waals surface area contributed by atoms with Crippen molar-refractivity contribution >= 4 is 33.2 Å². The molecule has 0 spiro atoms. The highest BCUT2D eigenvalue weighted by molar-refractivity contribution is 7.92. The molecule has 37 heavy (non-hydrogen) atoms. The first kappa shape index (κ1) is 27.9. The Bertz CT molecular complexity index is 1230. The monoisotopic (exact) mass is 532 g/mol. The summed E-state index contributed by atoms with van der Waals surface area (Å²) in [4.78, 5) is 38.7. The van der Waals surface area contributed by atoms with Gasteiger partial charge in [-0.3, -0.25) is 24.0 Å². The molecular weight excluding hydrogens is 500 g/mol. The van der Waals surface area contributed by atoms with Gasteiger partial charge in [0.2, 0.25) is 21.8 Å². The number of methoxy groups -OCH3 is 1. The van der Waals surface area contributed by atoms with Crippen LogP contribution >= 0.6 is 0 Å². The fraction of sp³-hybridized carbons (Fsp3) is 0.440. The second kappa shape index (κ2) is 12.0. The number of benzene rings is 2. The summed E-state index contributed by atoms with van der Waals surface area (Å²) in [6, 6.07) is 11.7. The normalized spacial score (nSPS) is 14.6. The fourth-order valence-electron chi connectivity index (χ4n) is 4.34. The first-order chi connectivity index (χ1) is 17.5. The molecule has 2 aromatic carbocycles. The minimum absolute atomic E-state index is 0.0466. The first-order valence-corrected chi connectivity index (χ1v) is 13.8. The minimum atomic E-state index is -4.08. The van der Waals surface area contributed by atoms with E-state index in [1.807, 2.05) is 6.07 Å². The second-order valence-corrected chi connectivity index (χ2v) is 11.0. The third-order valence-electron chi connectivity index (χ3n) is 6.39. The molecule has 1 unspecified atom stereocenters. The number of hydrogen-bond donors (Lipinski definition) is 1. The highest BCUT2D eigenvalue weighted by Gasteiger charge is 2.32. The number of nitrogens with zero attached hydrogens (tertiary/aromatic N) is 3. The predicted octanol–water partition coefficient (Wildman–Crippen LogP) is 2.85. The van der Waals surface area contributed by atoms with E-state index in [1.54, 1.807) is 31.2 Å². The smallest absolute Gasteiger partial charge is 0.271 e. The van der Waals surface area contributed by atoms with Gasteiger partial charge in [-0.15, -0.1) is 0 Å². The van der Waals surface area contributed by atoms with Gasteiger partial charge in [-0.1, -0.05) is 43.2 Å². The molecule has 200 valence electrons. The van der Waals surface area contributed by atoms with Crippen molar-refractivity contribution in [3.63, 3.8) is 0 Å². The van der Waals surface area contributed by atoms with Gasteiger partial charge in [-0.05, 0) is 31.4 Å². The van der Waals surface area contributed by atoms with Crippen LogP contribution in [0.15, 0.2) is 48.5 Å². The van der Waals surface area contributed by atoms with E-state index in [4.69, 9.17) is 4.74 Å². The highest BCUT2D eigenvalue weighted by atomic mass is 32.2. The number of carbonyl (C=O) groups excluding carboxylic acids is 2. The van der Waals surface area contributed by atoms with E-state index in [-0.39, 0.29) is 35.6 Å². The van der Waals surface area contributed by atoms with Gasteiger partial charge in [0.15, 0.2) is 0 Å². The van der Waals surface area contributed by atoms with E-state index in [9.17, 15) is 28.1 Å². The molecule has 1 atom stereocenters. The van der Waals surface area contributed by atoms with Gasteiger partial charge in [0.25, 0.3) is 5.69 Å². The highest BCUT2D eigenvalue weighted by Crippen LogP contribution is 2.34. The number of nitrogens with one attached hydrogen (secondary N) is 1. The van der Waals surface area contributed by atoms with Gasteiger partial charge in [0.05, 0.1) is 18.3 Å². The number of rotatable bonds is 11. The number of amides is 2. The van der Waals surface area contributed by atoms with Gasteiger partial charge >= 0.3 is 0 Å². The zero-order chi connectivity index (χ0) is 27.2. The summed E-state index contributed by atoms with van der Waals surface area (Å²) in [6.07, 6.45) is 4.70. The van der Waals surface area contributed by atoms with Gasteiger partial charge < -0.3 is 15.0 Å². The fourth-order valence-corrected chi connectivity index (χ4v) is 5.18. The summed E-state index contributed by atoms with van der Waals surface area (Å²) in [6.45, 7) is 0.997. The average molecular weight is 533 g/mol. The molecule has 0 radical (unpaired) electrons. The van der Waals surface area contributed by atoms with E-state index in [0.29, 0.717) is 0 Å². The SMILES string of the molecule is COc1ccc([N+](=O)[O-])cc1N(CC(=O)N(Cc1ccccc1)C(C)C(=O)NC1CCCC1)S(C)(=O)=O. The Labute approximate surface area is 216 Å². The summed E-state index contributed by atoms with van der Waals surface area (Å²) in [7, 11) is -2.78. The van der Waals surface area contributed by atoms with Crippen molar-refractivity contribution in [1.82, 2.24) is 10.2 Å². The van der Waals surface area contributed by atoms with Crippen LogP contribution in [0.1, 0.15) is 38.2 Å². The molecule has 11 nitrogen and oxygen atoms in total. The summed E-state index contributed by atoms with van der Waals surface area (Å²) in [5, 5.41) is 14.3. The second-order valence-electron chi connectivity index (χ2n) is 9.06. The summed E-state index contributed by atoms with van der Waals surface area (Å²) in [5.74, 6) is -0.919.